The van der Waals surface area contributed by atoms with E-state index in [0.29, 0.717) is 0 Å². The van der Waals surface area contributed by atoms with Crippen LogP contribution in [0.15, 0.2) is 0 Å². The summed E-state index contributed by atoms with van der Waals surface area (Å²) in [5.74, 6) is 0. The first kappa shape index (κ1) is 8.97. The molecule has 2 N–H and O–H groups in total. The Morgan fingerprint density at radius 2 is 1.91 bits per heavy atom. The molecule has 11 heavy (non-hydrogen) atoms. The molecule has 0 aromatic carbocycles. The Kier molecular flexibility index (Phi) is 2.87. The van der Waals surface area contributed by atoms with Crippen molar-refractivity contribution in [1.29, 1.82) is 0 Å². The van der Waals surface area contributed by atoms with Gasteiger partial charge in [-0.1, -0.05) is 6.42 Å². The second-order valence-electron chi connectivity index (χ2n) is 3.42. The minimum Gasteiger partial charge on any atom is -0.394 e. The van der Waals surface area contributed by atoms with Gasteiger partial charge >= 0.3 is 0 Å². The number of hydrogen-bond acceptors (Lipinski definition) is 3. The van der Waals surface area contributed by atoms with E-state index in [2.05, 4.69) is 4.90 Å². The summed E-state index contributed by atoms with van der Waals surface area (Å²) in [6.07, 6.45) is 3.21. The SMILES string of the molecule is CN1CCCCC1(CO)CO. The molecule has 0 amide bonds. The van der Waals surface area contributed by atoms with E-state index in [9.17, 15) is 0 Å². The molecule has 1 aliphatic rings. The number of hydrogen-bond donors (Lipinski definition) is 2. The van der Waals surface area contributed by atoms with Crippen molar-refractivity contribution in [3.8, 4) is 0 Å². The second kappa shape index (κ2) is 3.52. The van der Waals surface area contributed by atoms with Gasteiger partial charge in [-0.05, 0) is 26.4 Å². The van der Waals surface area contributed by atoms with Gasteiger partial charge in [0.1, 0.15) is 0 Å². The highest BCUT2D eigenvalue weighted by Crippen LogP contribution is 2.25. The summed E-state index contributed by atoms with van der Waals surface area (Å²) in [5, 5.41) is 18.2. The highest BCUT2D eigenvalue weighted by Gasteiger charge is 2.35. The van der Waals surface area contributed by atoms with E-state index >= 15 is 0 Å². The van der Waals surface area contributed by atoms with Gasteiger partial charge in [-0.15, -0.1) is 0 Å². The van der Waals surface area contributed by atoms with E-state index in [0.717, 1.165) is 19.4 Å². The van der Waals surface area contributed by atoms with Crippen LogP contribution in [0.3, 0.4) is 0 Å². The van der Waals surface area contributed by atoms with Crippen LogP contribution in [0.5, 0.6) is 0 Å². The number of piperidine rings is 1. The first-order valence-electron chi connectivity index (χ1n) is 4.18. The Morgan fingerprint density at radius 3 is 2.27 bits per heavy atom. The lowest BCUT2D eigenvalue weighted by atomic mass is 9.89. The standard InChI is InChI=1S/C8H17NO2/c1-9-5-3-2-4-8(9,6-10)7-11/h10-11H,2-7H2,1H3. The predicted octanol–water partition coefficient (Wildman–Crippen LogP) is -0.174. The Hall–Kier alpha value is -0.120. The lowest BCUT2D eigenvalue weighted by Gasteiger charge is -2.42. The van der Waals surface area contributed by atoms with Crippen LogP contribution in [0.1, 0.15) is 19.3 Å². The highest BCUT2D eigenvalue weighted by atomic mass is 16.3. The molecule has 1 aliphatic heterocycles. The summed E-state index contributed by atoms with van der Waals surface area (Å²) in [6, 6.07) is 0. The molecule has 0 aromatic rings. The predicted molar refractivity (Wildman–Crippen MR) is 43.4 cm³/mol. The smallest absolute Gasteiger partial charge is 0.0670 e. The van der Waals surface area contributed by atoms with Gasteiger partial charge < -0.3 is 10.2 Å². The largest absolute Gasteiger partial charge is 0.394 e. The number of likely N-dealkylation sites (N-methyl/N-ethyl adjacent to an activating group) is 1. The number of aliphatic hydroxyl groups is 2. The molecule has 1 rings (SSSR count). The molecule has 1 heterocycles. The summed E-state index contributed by atoms with van der Waals surface area (Å²) in [6.45, 7) is 1.13. The van der Waals surface area contributed by atoms with Gasteiger partial charge in [-0.25, -0.2) is 0 Å². The van der Waals surface area contributed by atoms with Crippen LogP contribution in [0.25, 0.3) is 0 Å². The first-order chi connectivity index (χ1) is 5.25. The maximum Gasteiger partial charge on any atom is 0.0670 e. The summed E-state index contributed by atoms with van der Waals surface area (Å²) in [5.41, 5.74) is -0.335. The molecule has 1 fully saturated rings. The molecule has 0 radical (unpaired) electrons. The van der Waals surface area contributed by atoms with E-state index in [4.69, 9.17) is 10.2 Å². The molecule has 0 aliphatic carbocycles. The van der Waals surface area contributed by atoms with Gasteiger partial charge in [0.2, 0.25) is 0 Å². The fourth-order valence-corrected chi connectivity index (χ4v) is 1.68. The lowest BCUT2D eigenvalue weighted by molar-refractivity contribution is -0.0227. The third-order valence-electron chi connectivity index (χ3n) is 2.78. The number of nitrogens with zero attached hydrogens (tertiary/aromatic N) is 1. The van der Waals surface area contributed by atoms with Gasteiger partial charge in [0.15, 0.2) is 0 Å². The minimum atomic E-state index is -0.335. The molecule has 0 spiro atoms. The maximum atomic E-state index is 9.11. The van der Waals surface area contributed by atoms with E-state index < -0.39 is 0 Å². The number of aliphatic hydroxyl groups excluding tert-OH is 2. The Balaban J connectivity index is 2.61. The van der Waals surface area contributed by atoms with Crippen LogP contribution in [0, 0.1) is 0 Å². The molecular weight excluding hydrogens is 142 g/mol. The van der Waals surface area contributed by atoms with Crippen LogP contribution in [-0.4, -0.2) is 47.5 Å². The van der Waals surface area contributed by atoms with Crippen molar-refractivity contribution >= 4 is 0 Å². The summed E-state index contributed by atoms with van der Waals surface area (Å²) < 4.78 is 0. The van der Waals surface area contributed by atoms with Gasteiger partial charge in [0.25, 0.3) is 0 Å². The average Bonchev–Trinajstić information content (AvgIpc) is 2.06. The fourth-order valence-electron chi connectivity index (χ4n) is 1.68. The van der Waals surface area contributed by atoms with Crippen LogP contribution in [0.2, 0.25) is 0 Å². The molecule has 0 atom stereocenters. The molecule has 3 heteroatoms. The zero-order valence-corrected chi connectivity index (χ0v) is 7.08. The van der Waals surface area contributed by atoms with Crippen LogP contribution in [0.4, 0.5) is 0 Å². The van der Waals surface area contributed by atoms with Crippen LogP contribution >= 0.6 is 0 Å². The van der Waals surface area contributed by atoms with E-state index in [1.54, 1.807) is 0 Å². The molecular formula is C8H17NO2. The lowest BCUT2D eigenvalue weighted by Crippen LogP contribution is -2.55. The summed E-state index contributed by atoms with van der Waals surface area (Å²) >= 11 is 0. The van der Waals surface area contributed by atoms with Gasteiger partial charge in [0.05, 0.1) is 18.8 Å². The highest BCUT2D eigenvalue weighted by molar-refractivity contribution is 4.90. The number of rotatable bonds is 2. The molecule has 0 bridgehead atoms. The molecule has 0 aromatic heterocycles. The van der Waals surface area contributed by atoms with E-state index in [-0.39, 0.29) is 18.8 Å². The quantitative estimate of drug-likeness (QED) is 0.587. The topological polar surface area (TPSA) is 43.7 Å². The third kappa shape index (κ3) is 1.55. The average molecular weight is 159 g/mol. The molecule has 3 nitrogen and oxygen atoms in total. The number of likely N-dealkylation sites (tertiary alicyclic amines) is 1. The Morgan fingerprint density at radius 1 is 1.27 bits per heavy atom. The van der Waals surface area contributed by atoms with Gasteiger partial charge in [-0.3, -0.25) is 4.90 Å². The van der Waals surface area contributed by atoms with Crippen molar-refractivity contribution in [2.45, 2.75) is 24.8 Å². The third-order valence-corrected chi connectivity index (χ3v) is 2.78. The normalized spacial score (nSPS) is 25.4. The van der Waals surface area contributed by atoms with Crippen molar-refractivity contribution in [3.63, 3.8) is 0 Å². The Bertz CT molecular complexity index is 123. The van der Waals surface area contributed by atoms with Crippen molar-refractivity contribution < 1.29 is 10.2 Å². The zero-order valence-electron chi connectivity index (χ0n) is 7.08. The van der Waals surface area contributed by atoms with Crippen molar-refractivity contribution in [1.82, 2.24) is 4.90 Å². The Labute approximate surface area is 67.6 Å². The molecule has 0 unspecified atom stereocenters. The molecule has 1 saturated heterocycles. The van der Waals surface area contributed by atoms with Crippen molar-refractivity contribution in [2.24, 2.45) is 0 Å². The van der Waals surface area contributed by atoms with Gasteiger partial charge in [0, 0.05) is 0 Å². The van der Waals surface area contributed by atoms with E-state index in [1.165, 1.54) is 6.42 Å². The zero-order chi connectivity index (χ0) is 8.32. The summed E-state index contributed by atoms with van der Waals surface area (Å²) in [7, 11) is 1.96. The molecule has 66 valence electrons. The van der Waals surface area contributed by atoms with Crippen molar-refractivity contribution in [3.05, 3.63) is 0 Å². The minimum absolute atomic E-state index is 0.0694. The monoisotopic (exact) mass is 159 g/mol. The van der Waals surface area contributed by atoms with Gasteiger partial charge in [-0.2, -0.15) is 0 Å². The maximum absolute atomic E-state index is 9.11. The molecule has 0 saturated carbocycles. The summed E-state index contributed by atoms with van der Waals surface area (Å²) in [4.78, 5) is 2.07. The first-order valence-corrected chi connectivity index (χ1v) is 4.18. The van der Waals surface area contributed by atoms with Crippen LogP contribution < -0.4 is 0 Å². The van der Waals surface area contributed by atoms with Crippen molar-refractivity contribution in [2.75, 3.05) is 26.8 Å². The fraction of sp³-hybridized carbons (Fsp3) is 1.00. The second-order valence-corrected chi connectivity index (χ2v) is 3.42. The van der Waals surface area contributed by atoms with E-state index in [1.807, 2.05) is 7.05 Å². The van der Waals surface area contributed by atoms with Crippen LogP contribution in [-0.2, 0) is 0 Å².